The number of aromatic carboxylic acids is 1. The van der Waals surface area contributed by atoms with Crippen LogP contribution in [0.2, 0.25) is 0 Å². The van der Waals surface area contributed by atoms with Crippen LogP contribution >= 0.6 is 11.8 Å². The maximum absolute atomic E-state index is 12.5. The molecule has 2 N–H and O–H groups in total. The Balaban J connectivity index is 2.34. The molecule has 1 heterocycles. The third kappa shape index (κ3) is 3.78. The van der Waals surface area contributed by atoms with E-state index in [1.54, 1.807) is 19.9 Å². The molecule has 21 heavy (non-hydrogen) atoms. The van der Waals surface area contributed by atoms with E-state index in [2.05, 4.69) is 4.72 Å². The fourth-order valence-electron chi connectivity index (χ4n) is 2.45. The van der Waals surface area contributed by atoms with E-state index in [0.29, 0.717) is 11.1 Å². The van der Waals surface area contributed by atoms with E-state index in [0.717, 1.165) is 24.3 Å². The molecular weight excluding hydrogens is 310 g/mol. The number of nitrogens with one attached hydrogen (secondary N) is 1. The molecule has 0 aromatic heterocycles. The first-order chi connectivity index (χ1) is 9.81. The summed E-state index contributed by atoms with van der Waals surface area (Å²) in [5, 5.41) is 9.15. The molecule has 0 bridgehead atoms. The number of carboxylic acids is 1. The highest BCUT2D eigenvalue weighted by atomic mass is 32.2. The Morgan fingerprint density at radius 3 is 2.43 bits per heavy atom. The highest BCUT2D eigenvalue weighted by Crippen LogP contribution is 2.23. The third-order valence-electron chi connectivity index (χ3n) is 3.58. The van der Waals surface area contributed by atoms with Crippen LogP contribution in [0.15, 0.2) is 17.0 Å². The van der Waals surface area contributed by atoms with Gasteiger partial charge in [0.05, 0.1) is 10.5 Å². The Hall–Kier alpha value is -1.05. The Labute approximate surface area is 129 Å². The van der Waals surface area contributed by atoms with Crippen molar-refractivity contribution in [3.63, 3.8) is 0 Å². The molecule has 0 atom stereocenters. The smallest absolute Gasteiger partial charge is 0.335 e. The van der Waals surface area contributed by atoms with Gasteiger partial charge in [-0.3, -0.25) is 0 Å². The molecule has 1 aromatic carbocycles. The molecule has 1 aromatic rings. The molecule has 116 valence electrons. The number of hydrogen-bond donors (Lipinski definition) is 2. The minimum atomic E-state index is -3.69. The number of rotatable bonds is 4. The maximum atomic E-state index is 12.5. The quantitative estimate of drug-likeness (QED) is 0.884. The van der Waals surface area contributed by atoms with E-state index in [4.69, 9.17) is 5.11 Å². The molecular formula is C14H19NO4S2. The van der Waals surface area contributed by atoms with Crippen molar-refractivity contribution in [1.29, 1.82) is 0 Å². The van der Waals surface area contributed by atoms with Crippen LogP contribution in [0, 0.1) is 13.8 Å². The first-order valence-corrected chi connectivity index (χ1v) is 9.39. The Bertz CT molecular complexity index is 649. The molecule has 0 spiro atoms. The lowest BCUT2D eigenvalue weighted by atomic mass is 10.1. The maximum Gasteiger partial charge on any atom is 0.335 e. The predicted octanol–water partition coefficient (Wildman–Crippen LogP) is 2.18. The van der Waals surface area contributed by atoms with Gasteiger partial charge >= 0.3 is 5.97 Å². The van der Waals surface area contributed by atoms with E-state index in [1.807, 2.05) is 11.8 Å². The lowest BCUT2D eigenvalue weighted by Crippen LogP contribution is -2.37. The van der Waals surface area contributed by atoms with Gasteiger partial charge in [0.2, 0.25) is 10.0 Å². The summed E-state index contributed by atoms with van der Waals surface area (Å²) in [6.07, 6.45) is 1.61. The Morgan fingerprint density at radius 2 is 1.86 bits per heavy atom. The second-order valence-electron chi connectivity index (χ2n) is 5.25. The topological polar surface area (TPSA) is 83.5 Å². The Kier molecular flexibility index (Phi) is 4.95. The highest BCUT2D eigenvalue weighted by molar-refractivity contribution is 7.99. The molecule has 5 nitrogen and oxygen atoms in total. The van der Waals surface area contributed by atoms with Crippen LogP contribution in [0.4, 0.5) is 0 Å². The zero-order chi connectivity index (χ0) is 15.6. The second kappa shape index (κ2) is 6.37. The molecule has 0 amide bonds. The van der Waals surface area contributed by atoms with Gasteiger partial charge < -0.3 is 5.11 Å². The summed E-state index contributed by atoms with van der Waals surface area (Å²) < 4.78 is 27.7. The Morgan fingerprint density at radius 1 is 1.24 bits per heavy atom. The van der Waals surface area contributed by atoms with Crippen molar-refractivity contribution in [3.8, 4) is 0 Å². The number of aryl methyl sites for hydroxylation is 2. The lowest BCUT2D eigenvalue weighted by Gasteiger charge is -2.23. The van der Waals surface area contributed by atoms with Gasteiger partial charge in [0, 0.05) is 6.04 Å². The molecule has 1 aliphatic heterocycles. The SMILES string of the molecule is Cc1cc(C)c(S(=O)(=O)NC2CCSCC2)cc1C(=O)O. The normalized spacial score (nSPS) is 16.9. The summed E-state index contributed by atoms with van der Waals surface area (Å²) >= 11 is 1.82. The van der Waals surface area contributed by atoms with Crippen molar-refractivity contribution in [2.45, 2.75) is 37.6 Å². The molecule has 0 unspecified atom stereocenters. The molecule has 1 saturated heterocycles. The minimum absolute atomic E-state index is 0.0279. The summed E-state index contributed by atoms with van der Waals surface area (Å²) in [6, 6.07) is 2.80. The average molecular weight is 329 g/mol. The number of carboxylic acid groups (broad SMARTS) is 1. The van der Waals surface area contributed by atoms with Gasteiger partial charge in [0.15, 0.2) is 0 Å². The van der Waals surface area contributed by atoms with Crippen molar-refractivity contribution in [1.82, 2.24) is 4.72 Å². The first-order valence-electron chi connectivity index (χ1n) is 6.76. The lowest BCUT2D eigenvalue weighted by molar-refractivity contribution is 0.0696. The van der Waals surface area contributed by atoms with Gasteiger partial charge in [-0.15, -0.1) is 0 Å². The van der Waals surface area contributed by atoms with Crippen molar-refractivity contribution in [3.05, 3.63) is 28.8 Å². The third-order valence-corrected chi connectivity index (χ3v) is 6.30. The van der Waals surface area contributed by atoms with E-state index in [9.17, 15) is 13.2 Å². The van der Waals surface area contributed by atoms with E-state index in [1.165, 1.54) is 6.07 Å². The average Bonchev–Trinajstić information content (AvgIpc) is 2.38. The van der Waals surface area contributed by atoms with Gasteiger partial charge in [-0.05, 0) is 55.4 Å². The summed E-state index contributed by atoms with van der Waals surface area (Å²) in [6.45, 7) is 3.35. The molecule has 7 heteroatoms. The van der Waals surface area contributed by atoms with Gasteiger partial charge in [0.1, 0.15) is 0 Å². The van der Waals surface area contributed by atoms with Crippen molar-refractivity contribution < 1.29 is 18.3 Å². The zero-order valence-corrected chi connectivity index (χ0v) is 13.7. The van der Waals surface area contributed by atoms with Crippen molar-refractivity contribution in [2.24, 2.45) is 0 Å². The van der Waals surface area contributed by atoms with Gasteiger partial charge in [-0.2, -0.15) is 11.8 Å². The van der Waals surface area contributed by atoms with Crippen LogP contribution in [0.1, 0.15) is 34.3 Å². The molecule has 2 rings (SSSR count). The molecule has 0 aliphatic carbocycles. The van der Waals surface area contributed by atoms with Crippen LogP contribution in [0.5, 0.6) is 0 Å². The minimum Gasteiger partial charge on any atom is -0.478 e. The van der Waals surface area contributed by atoms with Crippen molar-refractivity contribution in [2.75, 3.05) is 11.5 Å². The van der Waals surface area contributed by atoms with Crippen LogP contribution in [-0.2, 0) is 10.0 Å². The summed E-state index contributed by atoms with van der Waals surface area (Å²) in [5.41, 5.74) is 1.16. The fourth-order valence-corrected chi connectivity index (χ4v) is 5.11. The number of benzene rings is 1. The number of sulfonamides is 1. The van der Waals surface area contributed by atoms with Crippen LogP contribution in [0.3, 0.4) is 0 Å². The molecule has 0 radical (unpaired) electrons. The molecule has 0 saturated carbocycles. The van der Waals surface area contributed by atoms with Gasteiger partial charge in [-0.25, -0.2) is 17.9 Å². The highest BCUT2D eigenvalue weighted by Gasteiger charge is 2.25. The van der Waals surface area contributed by atoms with Gasteiger partial charge in [-0.1, -0.05) is 6.07 Å². The standard InChI is InChI=1S/C14H19NO4S2/c1-9-7-10(2)13(8-12(9)14(16)17)21(18,19)15-11-3-5-20-6-4-11/h7-8,11,15H,3-6H2,1-2H3,(H,16,17). The monoisotopic (exact) mass is 329 g/mol. The van der Waals surface area contributed by atoms with Crippen LogP contribution < -0.4 is 4.72 Å². The fraction of sp³-hybridized carbons (Fsp3) is 0.500. The van der Waals surface area contributed by atoms with Crippen LogP contribution in [0.25, 0.3) is 0 Å². The first kappa shape index (κ1) is 16.3. The largest absolute Gasteiger partial charge is 0.478 e. The molecule has 1 fully saturated rings. The number of carbonyl (C=O) groups is 1. The zero-order valence-electron chi connectivity index (χ0n) is 12.0. The number of hydrogen-bond acceptors (Lipinski definition) is 4. The summed E-state index contributed by atoms with van der Waals surface area (Å²) in [5.74, 6) is 0.777. The van der Waals surface area contributed by atoms with Crippen LogP contribution in [-0.4, -0.2) is 37.0 Å². The van der Waals surface area contributed by atoms with E-state index in [-0.39, 0.29) is 16.5 Å². The summed E-state index contributed by atoms with van der Waals surface area (Å²) in [7, 11) is -3.69. The molecule has 1 aliphatic rings. The second-order valence-corrected chi connectivity index (χ2v) is 8.15. The number of thioether (sulfide) groups is 1. The summed E-state index contributed by atoms with van der Waals surface area (Å²) in [4.78, 5) is 11.2. The van der Waals surface area contributed by atoms with E-state index >= 15 is 0 Å². The van der Waals surface area contributed by atoms with Crippen molar-refractivity contribution >= 4 is 27.8 Å². The predicted molar refractivity (Wildman–Crippen MR) is 83.5 cm³/mol. The van der Waals surface area contributed by atoms with Gasteiger partial charge in [0.25, 0.3) is 0 Å². The van der Waals surface area contributed by atoms with E-state index < -0.39 is 16.0 Å².